The molecule has 0 aromatic heterocycles. The van der Waals surface area contributed by atoms with Crippen molar-refractivity contribution in [1.82, 2.24) is 0 Å². The van der Waals surface area contributed by atoms with Gasteiger partial charge in [0.1, 0.15) is 0 Å². The molecule has 0 atom stereocenters. The van der Waals surface area contributed by atoms with Gasteiger partial charge in [-0.15, -0.1) is 0 Å². The van der Waals surface area contributed by atoms with Crippen molar-refractivity contribution < 1.29 is 13.6 Å². The summed E-state index contributed by atoms with van der Waals surface area (Å²) < 4.78 is 26.8. The first-order valence-corrected chi connectivity index (χ1v) is 4.53. The lowest BCUT2D eigenvalue weighted by Gasteiger charge is -2.13. The summed E-state index contributed by atoms with van der Waals surface area (Å²) in [6.45, 7) is 1.32. The van der Waals surface area contributed by atoms with Gasteiger partial charge in [0.25, 0.3) is 5.92 Å². The average molecular weight is 196 g/mol. The van der Waals surface area contributed by atoms with Crippen LogP contribution in [0.3, 0.4) is 0 Å². The standard InChI is InChI=1S/C11H10F2O/c1-7(14)9-4-2-3-8-5-6-11(12,13)10(8)9/h2-4H,5-6H2,1H3. The first kappa shape index (κ1) is 9.31. The number of halogens is 2. The maximum Gasteiger partial charge on any atom is 0.274 e. The zero-order valence-electron chi connectivity index (χ0n) is 7.81. The molecule has 74 valence electrons. The predicted octanol–water partition coefficient (Wildman–Crippen LogP) is 2.93. The Hall–Kier alpha value is -1.25. The van der Waals surface area contributed by atoms with E-state index in [9.17, 15) is 13.6 Å². The normalized spacial score (nSPS) is 17.9. The fourth-order valence-corrected chi connectivity index (χ4v) is 1.95. The van der Waals surface area contributed by atoms with Crippen LogP contribution in [0, 0.1) is 0 Å². The van der Waals surface area contributed by atoms with Gasteiger partial charge in [0.05, 0.1) is 0 Å². The summed E-state index contributed by atoms with van der Waals surface area (Å²) in [7, 11) is 0. The molecule has 0 fully saturated rings. The third kappa shape index (κ3) is 1.24. The number of Topliss-reactive ketones (excluding diaryl/α,β-unsaturated/α-hetero) is 1. The van der Waals surface area contributed by atoms with E-state index in [1.54, 1.807) is 12.1 Å². The second kappa shape index (κ2) is 2.87. The Kier molecular flexibility index (Phi) is 1.91. The topological polar surface area (TPSA) is 17.1 Å². The first-order chi connectivity index (χ1) is 6.52. The first-order valence-electron chi connectivity index (χ1n) is 4.53. The van der Waals surface area contributed by atoms with Gasteiger partial charge in [-0.1, -0.05) is 18.2 Å². The van der Waals surface area contributed by atoms with Crippen LogP contribution in [0.25, 0.3) is 0 Å². The molecule has 2 rings (SSSR count). The number of carbonyl (C=O) groups is 1. The summed E-state index contributed by atoms with van der Waals surface area (Å²) in [5.41, 5.74) is 0.736. The number of hydrogen-bond donors (Lipinski definition) is 0. The largest absolute Gasteiger partial charge is 0.294 e. The predicted molar refractivity (Wildman–Crippen MR) is 48.7 cm³/mol. The van der Waals surface area contributed by atoms with Crippen molar-refractivity contribution in [3.63, 3.8) is 0 Å². The van der Waals surface area contributed by atoms with E-state index in [-0.39, 0.29) is 23.3 Å². The van der Waals surface area contributed by atoms with Crippen LogP contribution in [0.4, 0.5) is 8.78 Å². The maximum absolute atomic E-state index is 13.4. The zero-order valence-corrected chi connectivity index (χ0v) is 7.81. The maximum atomic E-state index is 13.4. The van der Waals surface area contributed by atoms with Crippen molar-refractivity contribution in [2.24, 2.45) is 0 Å². The van der Waals surface area contributed by atoms with Gasteiger partial charge in [-0.25, -0.2) is 8.78 Å². The van der Waals surface area contributed by atoms with E-state index >= 15 is 0 Å². The number of carbonyl (C=O) groups excluding carboxylic acids is 1. The van der Waals surface area contributed by atoms with Crippen molar-refractivity contribution >= 4 is 5.78 Å². The van der Waals surface area contributed by atoms with Crippen LogP contribution in [-0.4, -0.2) is 5.78 Å². The van der Waals surface area contributed by atoms with Crippen LogP contribution in [0.15, 0.2) is 18.2 Å². The number of hydrogen-bond acceptors (Lipinski definition) is 1. The number of ketones is 1. The summed E-state index contributed by atoms with van der Waals surface area (Å²) in [5.74, 6) is -3.11. The monoisotopic (exact) mass is 196 g/mol. The molecule has 0 N–H and O–H groups in total. The lowest BCUT2D eigenvalue weighted by atomic mass is 9.99. The van der Waals surface area contributed by atoms with E-state index < -0.39 is 5.92 Å². The van der Waals surface area contributed by atoms with E-state index in [1.165, 1.54) is 13.0 Å². The molecule has 1 aliphatic carbocycles. The van der Waals surface area contributed by atoms with Crippen molar-refractivity contribution in [1.29, 1.82) is 0 Å². The van der Waals surface area contributed by atoms with E-state index in [0.717, 1.165) is 0 Å². The second-order valence-electron chi connectivity index (χ2n) is 3.60. The smallest absolute Gasteiger partial charge is 0.274 e. The van der Waals surface area contributed by atoms with Gasteiger partial charge in [0.2, 0.25) is 0 Å². The summed E-state index contributed by atoms with van der Waals surface area (Å²) >= 11 is 0. The zero-order chi connectivity index (χ0) is 10.3. The number of benzene rings is 1. The van der Waals surface area contributed by atoms with Gasteiger partial charge in [-0.3, -0.25) is 4.79 Å². The molecular formula is C11H10F2O. The third-order valence-electron chi connectivity index (χ3n) is 2.60. The lowest BCUT2D eigenvalue weighted by molar-refractivity contribution is -0.00254. The highest BCUT2D eigenvalue weighted by Crippen LogP contribution is 2.43. The lowest BCUT2D eigenvalue weighted by Crippen LogP contribution is -2.12. The highest BCUT2D eigenvalue weighted by Gasteiger charge is 2.41. The molecule has 0 heterocycles. The van der Waals surface area contributed by atoms with E-state index in [1.807, 2.05) is 0 Å². The number of rotatable bonds is 1. The minimum atomic E-state index is -2.82. The van der Waals surface area contributed by atoms with Crippen LogP contribution in [0.5, 0.6) is 0 Å². The Morgan fingerprint density at radius 2 is 2.14 bits per heavy atom. The number of alkyl halides is 2. The molecule has 14 heavy (non-hydrogen) atoms. The van der Waals surface area contributed by atoms with E-state index in [0.29, 0.717) is 12.0 Å². The average Bonchev–Trinajstić information content (AvgIpc) is 2.43. The SMILES string of the molecule is CC(=O)c1cccc2c1C(F)(F)CC2. The Morgan fingerprint density at radius 1 is 1.43 bits per heavy atom. The molecule has 1 aliphatic rings. The van der Waals surface area contributed by atoms with Crippen LogP contribution in [0.2, 0.25) is 0 Å². The molecule has 1 nitrogen and oxygen atoms in total. The van der Waals surface area contributed by atoms with Crippen molar-refractivity contribution in [2.75, 3.05) is 0 Å². The Bertz CT molecular complexity index is 396. The molecule has 0 aliphatic heterocycles. The summed E-state index contributed by atoms with van der Waals surface area (Å²) in [5, 5.41) is 0. The molecule has 1 aromatic rings. The fraction of sp³-hybridized carbons (Fsp3) is 0.364. The molecule has 1 aromatic carbocycles. The Balaban J connectivity index is 2.66. The van der Waals surface area contributed by atoms with Crippen LogP contribution >= 0.6 is 0 Å². The molecule has 0 saturated carbocycles. The highest BCUT2D eigenvalue weighted by atomic mass is 19.3. The van der Waals surface area contributed by atoms with Gasteiger partial charge in [-0.2, -0.15) is 0 Å². The number of fused-ring (bicyclic) bond motifs is 1. The summed E-state index contributed by atoms with van der Waals surface area (Å²) in [6.07, 6.45) is 0.191. The summed E-state index contributed by atoms with van der Waals surface area (Å²) in [4.78, 5) is 11.2. The van der Waals surface area contributed by atoms with Crippen molar-refractivity contribution in [3.05, 3.63) is 34.9 Å². The second-order valence-corrected chi connectivity index (χ2v) is 3.60. The molecule has 0 saturated heterocycles. The van der Waals surface area contributed by atoms with Gasteiger partial charge < -0.3 is 0 Å². The Morgan fingerprint density at radius 3 is 2.79 bits per heavy atom. The van der Waals surface area contributed by atoms with E-state index in [2.05, 4.69) is 0 Å². The third-order valence-corrected chi connectivity index (χ3v) is 2.60. The molecule has 0 amide bonds. The van der Waals surface area contributed by atoms with Crippen molar-refractivity contribution in [2.45, 2.75) is 25.7 Å². The van der Waals surface area contributed by atoms with E-state index in [4.69, 9.17) is 0 Å². The minimum absolute atomic E-state index is 0.0486. The number of aryl methyl sites for hydroxylation is 1. The minimum Gasteiger partial charge on any atom is -0.294 e. The fourth-order valence-electron chi connectivity index (χ4n) is 1.95. The van der Waals surface area contributed by atoms with Gasteiger partial charge in [0, 0.05) is 17.5 Å². The molecule has 3 heteroatoms. The Labute approximate surface area is 80.7 Å². The quantitative estimate of drug-likeness (QED) is 0.631. The van der Waals surface area contributed by atoms with Crippen LogP contribution in [0.1, 0.15) is 34.8 Å². The molecule has 0 bridgehead atoms. The van der Waals surface area contributed by atoms with Gasteiger partial charge >= 0.3 is 0 Å². The molecule has 0 spiro atoms. The van der Waals surface area contributed by atoms with Gasteiger partial charge in [-0.05, 0) is 18.9 Å². The summed E-state index contributed by atoms with van der Waals surface area (Å²) in [6, 6.07) is 4.81. The van der Waals surface area contributed by atoms with Crippen molar-refractivity contribution in [3.8, 4) is 0 Å². The van der Waals surface area contributed by atoms with Crippen LogP contribution in [-0.2, 0) is 12.3 Å². The molecule has 0 unspecified atom stereocenters. The molecule has 0 radical (unpaired) electrons. The van der Waals surface area contributed by atoms with Gasteiger partial charge in [0.15, 0.2) is 5.78 Å². The van der Waals surface area contributed by atoms with Crippen LogP contribution < -0.4 is 0 Å². The highest BCUT2D eigenvalue weighted by molar-refractivity contribution is 5.96. The molecular weight excluding hydrogens is 186 g/mol.